The van der Waals surface area contributed by atoms with Crippen molar-refractivity contribution in [1.82, 2.24) is 9.88 Å². The molecule has 0 aliphatic rings. The maximum atomic E-state index is 5.78. The van der Waals surface area contributed by atoms with Gasteiger partial charge in [0.1, 0.15) is 5.82 Å². The second-order valence-corrected chi connectivity index (χ2v) is 6.00. The van der Waals surface area contributed by atoms with Gasteiger partial charge >= 0.3 is 0 Å². The van der Waals surface area contributed by atoms with Crippen LogP contribution in [0.15, 0.2) is 30.3 Å². The zero-order valence-electron chi connectivity index (χ0n) is 13.4. The van der Waals surface area contributed by atoms with Gasteiger partial charge in [0, 0.05) is 36.2 Å². The fraction of sp³-hybridized carbons (Fsp3) is 0.471. The minimum Gasteiger partial charge on any atom is -0.399 e. The average molecular weight is 286 g/mol. The molecule has 21 heavy (non-hydrogen) atoms. The Labute approximate surface area is 127 Å². The van der Waals surface area contributed by atoms with Gasteiger partial charge in [0.25, 0.3) is 0 Å². The molecule has 0 unspecified atom stereocenters. The SMILES string of the molecule is CC(C)N(CCNc1ccc2cc(N)ccc2n1)C(C)C. The molecule has 0 saturated heterocycles. The maximum Gasteiger partial charge on any atom is 0.126 e. The number of nitrogens with two attached hydrogens (primary N) is 1. The van der Waals surface area contributed by atoms with E-state index in [-0.39, 0.29) is 0 Å². The first-order valence-corrected chi connectivity index (χ1v) is 7.63. The van der Waals surface area contributed by atoms with Gasteiger partial charge in [-0.25, -0.2) is 4.98 Å². The van der Waals surface area contributed by atoms with Crippen molar-refractivity contribution in [3.05, 3.63) is 30.3 Å². The van der Waals surface area contributed by atoms with E-state index in [2.05, 4.69) is 49.0 Å². The molecule has 114 valence electrons. The minimum atomic E-state index is 0.555. The first-order valence-electron chi connectivity index (χ1n) is 7.63. The molecule has 2 rings (SSSR count). The molecule has 0 radical (unpaired) electrons. The topological polar surface area (TPSA) is 54.2 Å². The summed E-state index contributed by atoms with van der Waals surface area (Å²) < 4.78 is 0. The Morgan fingerprint density at radius 2 is 1.81 bits per heavy atom. The lowest BCUT2D eigenvalue weighted by molar-refractivity contribution is 0.182. The van der Waals surface area contributed by atoms with E-state index in [4.69, 9.17) is 5.73 Å². The molecule has 1 aromatic heterocycles. The van der Waals surface area contributed by atoms with Crippen molar-refractivity contribution >= 4 is 22.4 Å². The highest BCUT2D eigenvalue weighted by atomic mass is 15.2. The normalized spacial score (nSPS) is 11.8. The number of nitrogens with zero attached hydrogens (tertiary/aromatic N) is 2. The van der Waals surface area contributed by atoms with E-state index in [0.717, 1.165) is 35.5 Å². The molecule has 0 aliphatic carbocycles. The van der Waals surface area contributed by atoms with Crippen LogP contribution < -0.4 is 11.1 Å². The Morgan fingerprint density at radius 3 is 2.48 bits per heavy atom. The van der Waals surface area contributed by atoms with Gasteiger partial charge in [-0.1, -0.05) is 0 Å². The van der Waals surface area contributed by atoms with E-state index in [1.165, 1.54) is 0 Å². The van der Waals surface area contributed by atoms with E-state index in [0.29, 0.717) is 12.1 Å². The number of hydrogen-bond acceptors (Lipinski definition) is 4. The molecule has 0 bridgehead atoms. The van der Waals surface area contributed by atoms with Crippen molar-refractivity contribution < 1.29 is 0 Å². The summed E-state index contributed by atoms with van der Waals surface area (Å²) in [5.41, 5.74) is 7.53. The van der Waals surface area contributed by atoms with Gasteiger partial charge in [0.15, 0.2) is 0 Å². The summed E-state index contributed by atoms with van der Waals surface area (Å²) in [6, 6.07) is 11.0. The van der Waals surface area contributed by atoms with E-state index < -0.39 is 0 Å². The van der Waals surface area contributed by atoms with Crippen LogP contribution in [0, 0.1) is 0 Å². The van der Waals surface area contributed by atoms with Crippen LogP contribution in [0.4, 0.5) is 11.5 Å². The highest BCUT2D eigenvalue weighted by molar-refractivity contribution is 5.83. The number of anilines is 2. The third kappa shape index (κ3) is 4.08. The van der Waals surface area contributed by atoms with E-state index in [9.17, 15) is 0 Å². The molecule has 4 heteroatoms. The van der Waals surface area contributed by atoms with Gasteiger partial charge in [-0.2, -0.15) is 0 Å². The van der Waals surface area contributed by atoms with Crippen LogP contribution in [-0.2, 0) is 0 Å². The molecule has 3 N–H and O–H groups in total. The molecule has 0 saturated carbocycles. The first-order chi connectivity index (χ1) is 9.97. The van der Waals surface area contributed by atoms with Crippen LogP contribution in [0.2, 0.25) is 0 Å². The van der Waals surface area contributed by atoms with Crippen molar-refractivity contribution in [2.75, 3.05) is 24.1 Å². The number of benzene rings is 1. The fourth-order valence-electron chi connectivity index (χ4n) is 2.67. The van der Waals surface area contributed by atoms with Gasteiger partial charge in [0.05, 0.1) is 5.52 Å². The van der Waals surface area contributed by atoms with Crippen molar-refractivity contribution in [1.29, 1.82) is 0 Å². The molecule has 0 spiro atoms. The standard InChI is InChI=1S/C17H26N4/c1-12(2)21(13(3)4)10-9-19-17-8-5-14-11-15(18)6-7-16(14)20-17/h5-8,11-13H,9-10,18H2,1-4H3,(H,19,20). The number of aromatic nitrogens is 1. The second kappa shape index (κ2) is 6.76. The Balaban J connectivity index is 1.99. The van der Waals surface area contributed by atoms with Crippen molar-refractivity contribution in [2.45, 2.75) is 39.8 Å². The van der Waals surface area contributed by atoms with Crippen molar-refractivity contribution in [3.8, 4) is 0 Å². The van der Waals surface area contributed by atoms with Crippen LogP contribution >= 0.6 is 0 Å². The summed E-state index contributed by atoms with van der Waals surface area (Å²) >= 11 is 0. The predicted molar refractivity (Wildman–Crippen MR) is 91.6 cm³/mol. The zero-order chi connectivity index (χ0) is 15.4. The number of nitrogens with one attached hydrogen (secondary N) is 1. The molecule has 0 fully saturated rings. The minimum absolute atomic E-state index is 0.555. The molecule has 4 nitrogen and oxygen atoms in total. The largest absolute Gasteiger partial charge is 0.399 e. The molecular formula is C17H26N4. The predicted octanol–water partition coefficient (Wildman–Crippen LogP) is 3.35. The summed E-state index contributed by atoms with van der Waals surface area (Å²) in [7, 11) is 0. The Kier molecular flexibility index (Phi) is 5.02. The van der Waals surface area contributed by atoms with Gasteiger partial charge < -0.3 is 11.1 Å². The second-order valence-electron chi connectivity index (χ2n) is 6.00. The summed E-state index contributed by atoms with van der Waals surface area (Å²) in [5, 5.41) is 4.48. The quantitative estimate of drug-likeness (QED) is 0.800. The first kappa shape index (κ1) is 15.6. The molecule has 0 amide bonds. The highest BCUT2D eigenvalue weighted by Gasteiger charge is 2.12. The molecular weight excluding hydrogens is 260 g/mol. The van der Waals surface area contributed by atoms with E-state index in [1.54, 1.807) is 0 Å². The third-order valence-electron chi connectivity index (χ3n) is 3.72. The van der Waals surface area contributed by atoms with Gasteiger partial charge in [-0.15, -0.1) is 0 Å². The van der Waals surface area contributed by atoms with Crippen LogP contribution in [0.3, 0.4) is 0 Å². The number of pyridine rings is 1. The maximum absolute atomic E-state index is 5.78. The van der Waals surface area contributed by atoms with Crippen molar-refractivity contribution in [2.24, 2.45) is 0 Å². The molecule has 0 atom stereocenters. The van der Waals surface area contributed by atoms with E-state index >= 15 is 0 Å². The molecule has 0 aliphatic heterocycles. The van der Waals surface area contributed by atoms with Gasteiger partial charge in [0.2, 0.25) is 0 Å². The van der Waals surface area contributed by atoms with Gasteiger partial charge in [-0.05, 0) is 58.0 Å². The third-order valence-corrected chi connectivity index (χ3v) is 3.72. The Morgan fingerprint density at radius 1 is 1.10 bits per heavy atom. The number of hydrogen-bond donors (Lipinski definition) is 2. The zero-order valence-corrected chi connectivity index (χ0v) is 13.4. The summed E-state index contributed by atoms with van der Waals surface area (Å²) in [5.74, 6) is 0.916. The average Bonchev–Trinajstić information content (AvgIpc) is 2.42. The number of fused-ring (bicyclic) bond motifs is 1. The fourth-order valence-corrected chi connectivity index (χ4v) is 2.67. The van der Waals surface area contributed by atoms with Crippen LogP contribution in [0.25, 0.3) is 10.9 Å². The lowest BCUT2D eigenvalue weighted by Crippen LogP contribution is -2.40. The van der Waals surface area contributed by atoms with Crippen LogP contribution in [0.5, 0.6) is 0 Å². The molecule has 2 aromatic rings. The monoisotopic (exact) mass is 286 g/mol. The van der Waals surface area contributed by atoms with Crippen LogP contribution in [-0.4, -0.2) is 35.1 Å². The van der Waals surface area contributed by atoms with E-state index in [1.807, 2.05) is 24.3 Å². The number of nitrogen functional groups attached to an aromatic ring is 1. The summed E-state index contributed by atoms with van der Waals surface area (Å²) in [6.45, 7) is 10.8. The highest BCUT2D eigenvalue weighted by Crippen LogP contribution is 2.17. The van der Waals surface area contributed by atoms with Crippen molar-refractivity contribution in [3.63, 3.8) is 0 Å². The molecule has 1 heterocycles. The number of rotatable bonds is 6. The smallest absolute Gasteiger partial charge is 0.126 e. The van der Waals surface area contributed by atoms with Crippen LogP contribution in [0.1, 0.15) is 27.7 Å². The lowest BCUT2D eigenvalue weighted by Gasteiger charge is -2.30. The Bertz CT molecular complexity index is 584. The summed E-state index contributed by atoms with van der Waals surface area (Å²) in [4.78, 5) is 7.08. The molecule has 1 aromatic carbocycles. The Hall–Kier alpha value is -1.81. The lowest BCUT2D eigenvalue weighted by atomic mass is 10.2. The summed E-state index contributed by atoms with van der Waals surface area (Å²) in [6.07, 6.45) is 0. The van der Waals surface area contributed by atoms with Gasteiger partial charge in [-0.3, -0.25) is 4.90 Å².